The van der Waals surface area contributed by atoms with Crippen LogP contribution in [0.4, 0.5) is 5.82 Å². The van der Waals surface area contributed by atoms with Gasteiger partial charge in [-0.05, 0) is 30.2 Å². The first kappa shape index (κ1) is 12.2. The SMILES string of the molecule is CCCN(C)c1ccc(/C=C/C(=O)O)cn1. The minimum absolute atomic E-state index is 0.788. The van der Waals surface area contributed by atoms with Crippen molar-refractivity contribution in [2.24, 2.45) is 0 Å². The Morgan fingerprint density at radius 2 is 2.31 bits per heavy atom. The molecule has 0 saturated heterocycles. The zero-order valence-corrected chi connectivity index (χ0v) is 9.55. The van der Waals surface area contributed by atoms with Crippen LogP contribution in [0.2, 0.25) is 0 Å². The van der Waals surface area contributed by atoms with Crippen LogP contribution in [0.1, 0.15) is 18.9 Å². The van der Waals surface area contributed by atoms with E-state index < -0.39 is 5.97 Å². The molecule has 0 aliphatic rings. The Balaban J connectivity index is 2.71. The van der Waals surface area contributed by atoms with Gasteiger partial charge in [0.25, 0.3) is 0 Å². The Labute approximate surface area is 95.2 Å². The van der Waals surface area contributed by atoms with Gasteiger partial charge in [-0.15, -0.1) is 0 Å². The molecule has 1 N–H and O–H groups in total. The maximum Gasteiger partial charge on any atom is 0.328 e. The smallest absolute Gasteiger partial charge is 0.328 e. The van der Waals surface area contributed by atoms with Crippen molar-refractivity contribution in [3.05, 3.63) is 30.0 Å². The van der Waals surface area contributed by atoms with Crippen LogP contribution in [0.5, 0.6) is 0 Å². The van der Waals surface area contributed by atoms with Gasteiger partial charge >= 0.3 is 5.97 Å². The molecular weight excluding hydrogens is 204 g/mol. The molecule has 0 amide bonds. The molecular formula is C12H16N2O2. The molecule has 0 atom stereocenters. The summed E-state index contributed by atoms with van der Waals surface area (Å²) < 4.78 is 0. The second-order valence-corrected chi connectivity index (χ2v) is 3.54. The summed E-state index contributed by atoms with van der Waals surface area (Å²) in [5.41, 5.74) is 0.788. The summed E-state index contributed by atoms with van der Waals surface area (Å²) in [6.45, 7) is 3.07. The summed E-state index contributed by atoms with van der Waals surface area (Å²) >= 11 is 0. The van der Waals surface area contributed by atoms with E-state index in [1.54, 1.807) is 6.20 Å². The highest BCUT2D eigenvalue weighted by molar-refractivity contribution is 5.85. The number of pyridine rings is 1. The lowest BCUT2D eigenvalue weighted by Crippen LogP contribution is -2.18. The van der Waals surface area contributed by atoms with Crippen molar-refractivity contribution in [1.29, 1.82) is 0 Å². The number of rotatable bonds is 5. The van der Waals surface area contributed by atoms with Crippen molar-refractivity contribution in [3.8, 4) is 0 Å². The van der Waals surface area contributed by atoms with E-state index in [4.69, 9.17) is 5.11 Å². The van der Waals surface area contributed by atoms with Crippen LogP contribution in [0.15, 0.2) is 24.4 Å². The summed E-state index contributed by atoms with van der Waals surface area (Å²) in [4.78, 5) is 16.6. The van der Waals surface area contributed by atoms with Crippen molar-refractivity contribution in [1.82, 2.24) is 4.98 Å². The molecule has 0 radical (unpaired) electrons. The van der Waals surface area contributed by atoms with Crippen LogP contribution < -0.4 is 4.90 Å². The third-order valence-corrected chi connectivity index (χ3v) is 2.14. The molecule has 16 heavy (non-hydrogen) atoms. The lowest BCUT2D eigenvalue weighted by Gasteiger charge is -2.16. The van der Waals surface area contributed by atoms with E-state index in [0.29, 0.717) is 0 Å². The maximum absolute atomic E-state index is 10.3. The fraction of sp³-hybridized carbons (Fsp3) is 0.333. The lowest BCUT2D eigenvalue weighted by atomic mass is 10.2. The van der Waals surface area contributed by atoms with Crippen LogP contribution in [0, 0.1) is 0 Å². The molecule has 86 valence electrons. The Morgan fingerprint density at radius 3 is 2.81 bits per heavy atom. The zero-order valence-electron chi connectivity index (χ0n) is 9.55. The van der Waals surface area contributed by atoms with Crippen LogP contribution in [0.3, 0.4) is 0 Å². The molecule has 0 fully saturated rings. The molecule has 0 unspecified atom stereocenters. The van der Waals surface area contributed by atoms with Crippen LogP contribution in [0.25, 0.3) is 6.08 Å². The molecule has 0 bridgehead atoms. The van der Waals surface area contributed by atoms with Gasteiger partial charge in [0.15, 0.2) is 0 Å². The summed E-state index contributed by atoms with van der Waals surface area (Å²) in [6.07, 6.45) is 5.37. The molecule has 1 rings (SSSR count). The van der Waals surface area contributed by atoms with Gasteiger partial charge in [0.05, 0.1) is 0 Å². The molecule has 0 saturated carbocycles. The number of anilines is 1. The van der Waals surface area contributed by atoms with E-state index in [1.165, 1.54) is 6.08 Å². The van der Waals surface area contributed by atoms with Crippen LogP contribution in [-0.4, -0.2) is 29.7 Å². The van der Waals surface area contributed by atoms with E-state index in [2.05, 4.69) is 16.8 Å². The molecule has 1 aromatic rings. The summed E-state index contributed by atoms with van der Waals surface area (Å²) in [6, 6.07) is 3.74. The molecule has 0 spiro atoms. The Hall–Kier alpha value is -1.84. The maximum atomic E-state index is 10.3. The van der Waals surface area contributed by atoms with E-state index in [9.17, 15) is 4.79 Å². The minimum atomic E-state index is -0.952. The molecule has 0 aliphatic carbocycles. The molecule has 1 heterocycles. The third kappa shape index (κ3) is 3.73. The summed E-state index contributed by atoms with van der Waals surface area (Å²) in [7, 11) is 1.98. The van der Waals surface area contributed by atoms with Crippen LogP contribution in [-0.2, 0) is 4.79 Å². The number of carbonyl (C=O) groups is 1. The van der Waals surface area contributed by atoms with Gasteiger partial charge in [0.2, 0.25) is 0 Å². The number of aromatic nitrogens is 1. The average molecular weight is 220 g/mol. The normalized spacial score (nSPS) is 10.6. The number of hydrogen-bond donors (Lipinski definition) is 1. The Morgan fingerprint density at radius 1 is 1.56 bits per heavy atom. The standard InChI is InChI=1S/C12H16N2O2/c1-3-8-14(2)11-6-4-10(9-13-11)5-7-12(15)16/h4-7,9H,3,8H2,1-2H3,(H,15,16)/b7-5+. The van der Waals surface area contributed by atoms with Gasteiger partial charge in [-0.2, -0.15) is 0 Å². The number of aliphatic carboxylic acids is 1. The van der Waals surface area contributed by atoms with Gasteiger partial charge in [-0.3, -0.25) is 0 Å². The summed E-state index contributed by atoms with van der Waals surface area (Å²) in [5.74, 6) is -0.0542. The monoisotopic (exact) mass is 220 g/mol. The lowest BCUT2D eigenvalue weighted by molar-refractivity contribution is -0.131. The fourth-order valence-electron chi connectivity index (χ4n) is 1.34. The van der Waals surface area contributed by atoms with Gasteiger partial charge in [-0.25, -0.2) is 9.78 Å². The van der Waals surface area contributed by atoms with Crippen molar-refractivity contribution >= 4 is 17.9 Å². The van der Waals surface area contributed by atoms with Crippen molar-refractivity contribution in [2.45, 2.75) is 13.3 Å². The molecule has 0 aromatic carbocycles. The summed E-state index contributed by atoms with van der Waals surface area (Å²) in [5, 5.41) is 8.47. The fourth-order valence-corrected chi connectivity index (χ4v) is 1.34. The number of carboxylic acid groups (broad SMARTS) is 1. The minimum Gasteiger partial charge on any atom is -0.478 e. The van der Waals surface area contributed by atoms with Gasteiger partial charge < -0.3 is 10.0 Å². The van der Waals surface area contributed by atoms with E-state index >= 15 is 0 Å². The van der Waals surface area contributed by atoms with Crippen LogP contribution >= 0.6 is 0 Å². The highest BCUT2D eigenvalue weighted by atomic mass is 16.4. The number of carboxylic acids is 1. The molecule has 0 aliphatic heterocycles. The molecule has 1 aromatic heterocycles. The molecule has 4 nitrogen and oxygen atoms in total. The highest BCUT2D eigenvalue weighted by Crippen LogP contribution is 2.10. The first-order valence-electron chi connectivity index (χ1n) is 5.21. The third-order valence-electron chi connectivity index (χ3n) is 2.14. The van der Waals surface area contributed by atoms with E-state index in [-0.39, 0.29) is 0 Å². The predicted molar refractivity (Wildman–Crippen MR) is 64.5 cm³/mol. The van der Waals surface area contributed by atoms with Crippen molar-refractivity contribution in [2.75, 3.05) is 18.5 Å². The second kappa shape index (κ2) is 5.90. The average Bonchev–Trinajstić information content (AvgIpc) is 2.27. The van der Waals surface area contributed by atoms with E-state index in [0.717, 1.165) is 30.4 Å². The second-order valence-electron chi connectivity index (χ2n) is 3.54. The number of hydrogen-bond acceptors (Lipinski definition) is 3. The van der Waals surface area contributed by atoms with Crippen molar-refractivity contribution in [3.63, 3.8) is 0 Å². The van der Waals surface area contributed by atoms with E-state index in [1.807, 2.05) is 19.2 Å². The predicted octanol–water partition coefficient (Wildman–Crippen LogP) is 2.03. The largest absolute Gasteiger partial charge is 0.478 e. The quantitative estimate of drug-likeness (QED) is 0.771. The highest BCUT2D eigenvalue weighted by Gasteiger charge is 1.99. The van der Waals surface area contributed by atoms with Gasteiger partial charge in [0, 0.05) is 25.9 Å². The number of nitrogens with zero attached hydrogens (tertiary/aromatic N) is 2. The van der Waals surface area contributed by atoms with Gasteiger partial charge in [0.1, 0.15) is 5.82 Å². The first-order valence-corrected chi connectivity index (χ1v) is 5.21. The zero-order chi connectivity index (χ0) is 12.0. The van der Waals surface area contributed by atoms with Crippen molar-refractivity contribution < 1.29 is 9.90 Å². The first-order chi connectivity index (χ1) is 7.63. The van der Waals surface area contributed by atoms with Gasteiger partial charge in [-0.1, -0.05) is 6.92 Å². The Kier molecular flexibility index (Phi) is 4.51. The topological polar surface area (TPSA) is 53.4 Å². The molecule has 4 heteroatoms. The Bertz CT molecular complexity index is 371.